The first-order valence-corrected chi connectivity index (χ1v) is 13.2. The minimum atomic E-state index is 0.500. The highest BCUT2D eigenvalue weighted by Gasteiger charge is 2.22. The highest BCUT2D eigenvalue weighted by atomic mass is 79.9. The Bertz CT molecular complexity index is 1320. The second kappa shape index (κ2) is 9.51. The summed E-state index contributed by atoms with van der Waals surface area (Å²) in [7, 11) is 0. The van der Waals surface area contributed by atoms with Crippen molar-refractivity contribution in [3.05, 3.63) is 67.9 Å². The van der Waals surface area contributed by atoms with Crippen LogP contribution in [0.4, 0.5) is 0 Å². The lowest BCUT2D eigenvalue weighted by molar-refractivity contribution is 0.299. The van der Waals surface area contributed by atoms with E-state index in [4.69, 9.17) is 27.9 Å². The zero-order chi connectivity index (χ0) is 22.2. The van der Waals surface area contributed by atoms with E-state index in [0.717, 1.165) is 58.1 Å². The number of hydrogen-bond donors (Lipinski definition) is 1. The quantitative estimate of drug-likeness (QED) is 0.254. The Morgan fingerprint density at radius 1 is 1.12 bits per heavy atom. The number of alkyl halides is 1. The molecule has 3 heterocycles. The van der Waals surface area contributed by atoms with Gasteiger partial charge in [-0.05, 0) is 36.7 Å². The van der Waals surface area contributed by atoms with Crippen molar-refractivity contribution in [3.8, 4) is 5.75 Å². The topological polar surface area (TPSA) is 39.1 Å². The van der Waals surface area contributed by atoms with Gasteiger partial charge in [0.05, 0.1) is 22.1 Å². The highest BCUT2D eigenvalue weighted by Crippen LogP contribution is 2.38. The predicted octanol–water partition coefficient (Wildman–Crippen LogP) is 6.92. The zero-order valence-electron chi connectivity index (χ0n) is 17.2. The Balaban J connectivity index is 1.53. The van der Waals surface area contributed by atoms with Gasteiger partial charge in [0.15, 0.2) is 0 Å². The fraction of sp³-hybridized carbons (Fsp3) is 0.292. The van der Waals surface area contributed by atoms with Crippen molar-refractivity contribution >= 4 is 76.9 Å². The van der Waals surface area contributed by atoms with Gasteiger partial charge in [0.1, 0.15) is 17.9 Å². The smallest absolute Gasteiger partial charge is 0.149 e. The van der Waals surface area contributed by atoms with Gasteiger partial charge in [-0.15, -0.1) is 0 Å². The van der Waals surface area contributed by atoms with Gasteiger partial charge in [-0.1, -0.05) is 67.2 Å². The molecule has 0 atom stereocenters. The summed E-state index contributed by atoms with van der Waals surface area (Å²) in [6.07, 6.45) is 3.73. The maximum absolute atomic E-state index is 6.70. The van der Waals surface area contributed by atoms with Crippen LogP contribution in [0, 0.1) is 0 Å². The van der Waals surface area contributed by atoms with Crippen LogP contribution in [0.3, 0.4) is 0 Å². The van der Waals surface area contributed by atoms with E-state index < -0.39 is 0 Å². The molecule has 5 rings (SSSR count). The molecule has 1 aliphatic rings. The lowest BCUT2D eigenvalue weighted by atomic mass is 10.1. The van der Waals surface area contributed by atoms with Crippen LogP contribution in [-0.4, -0.2) is 29.2 Å². The summed E-state index contributed by atoms with van der Waals surface area (Å²) in [5.41, 5.74) is 5.61. The third kappa shape index (κ3) is 3.94. The fourth-order valence-corrected chi connectivity index (χ4v) is 6.02. The van der Waals surface area contributed by atoms with Crippen LogP contribution >= 0.6 is 55.1 Å². The molecule has 4 aromatic rings. The molecule has 0 spiro atoms. The van der Waals surface area contributed by atoms with Crippen LogP contribution in [0.25, 0.3) is 21.8 Å². The molecule has 166 valence electrons. The van der Waals surface area contributed by atoms with E-state index in [2.05, 4.69) is 58.9 Å². The van der Waals surface area contributed by atoms with Crippen molar-refractivity contribution in [1.82, 2.24) is 14.9 Å². The van der Waals surface area contributed by atoms with Gasteiger partial charge in [0.2, 0.25) is 0 Å². The minimum Gasteiger partial charge on any atom is -0.489 e. The van der Waals surface area contributed by atoms with Crippen molar-refractivity contribution < 1.29 is 4.74 Å². The van der Waals surface area contributed by atoms with Gasteiger partial charge in [0.25, 0.3) is 0 Å². The maximum atomic E-state index is 6.70. The van der Waals surface area contributed by atoms with E-state index in [1.807, 2.05) is 18.2 Å². The molecule has 0 bridgehead atoms. The van der Waals surface area contributed by atoms with E-state index in [9.17, 15) is 0 Å². The molecule has 2 aromatic carbocycles. The predicted molar refractivity (Wildman–Crippen MR) is 140 cm³/mol. The summed E-state index contributed by atoms with van der Waals surface area (Å²) >= 11 is 20.4. The third-order valence-electron chi connectivity index (χ3n) is 6.01. The SMILES string of the molecule is Clc1ccc2c3c(n(CCOc4c(CBr)cc(Br)c5cccnc45)c2c1Cl)CCNCC3. The van der Waals surface area contributed by atoms with Gasteiger partial charge >= 0.3 is 0 Å². The number of nitrogens with one attached hydrogen (secondary N) is 1. The summed E-state index contributed by atoms with van der Waals surface area (Å²) in [6, 6.07) is 10.1. The number of fused-ring (bicyclic) bond motifs is 4. The van der Waals surface area contributed by atoms with E-state index in [-0.39, 0.29) is 0 Å². The fourth-order valence-electron chi connectivity index (χ4n) is 4.58. The first-order chi connectivity index (χ1) is 15.6. The molecule has 32 heavy (non-hydrogen) atoms. The standard InChI is InChI=1S/C24H21Br2Cl2N3O/c25-13-14-12-18(26)17-2-1-7-30-22(17)24(14)32-11-10-31-20-6-9-29-8-5-15(20)16-3-4-19(27)21(28)23(16)31/h1-4,7,12,29H,5-6,8-11,13H2. The van der Waals surface area contributed by atoms with E-state index in [0.29, 0.717) is 28.5 Å². The average molecular weight is 598 g/mol. The van der Waals surface area contributed by atoms with Crippen LogP contribution in [0.2, 0.25) is 10.0 Å². The highest BCUT2D eigenvalue weighted by molar-refractivity contribution is 9.10. The summed E-state index contributed by atoms with van der Waals surface area (Å²) in [4.78, 5) is 4.60. The van der Waals surface area contributed by atoms with Crippen LogP contribution in [-0.2, 0) is 24.7 Å². The Morgan fingerprint density at radius 2 is 1.97 bits per heavy atom. The zero-order valence-corrected chi connectivity index (χ0v) is 21.9. The van der Waals surface area contributed by atoms with Crippen molar-refractivity contribution in [3.63, 3.8) is 0 Å². The second-order valence-corrected chi connectivity index (χ2v) is 10.0. The first-order valence-electron chi connectivity index (χ1n) is 10.5. The summed E-state index contributed by atoms with van der Waals surface area (Å²) in [5.74, 6) is 0.814. The molecule has 0 fully saturated rings. The van der Waals surface area contributed by atoms with E-state index in [1.165, 1.54) is 16.6 Å². The Labute approximate surface area is 213 Å². The van der Waals surface area contributed by atoms with Crippen LogP contribution in [0.5, 0.6) is 5.75 Å². The van der Waals surface area contributed by atoms with Crippen molar-refractivity contribution in [1.29, 1.82) is 0 Å². The molecule has 0 amide bonds. The summed E-state index contributed by atoms with van der Waals surface area (Å²) in [5, 5.41) is 7.60. The molecule has 0 aliphatic carbocycles. The normalized spacial score (nSPS) is 14.0. The minimum absolute atomic E-state index is 0.500. The maximum Gasteiger partial charge on any atom is 0.149 e. The van der Waals surface area contributed by atoms with Crippen molar-refractivity contribution in [2.24, 2.45) is 0 Å². The van der Waals surface area contributed by atoms with Gasteiger partial charge in [0, 0.05) is 51.0 Å². The molecule has 8 heteroatoms. The summed E-state index contributed by atoms with van der Waals surface area (Å²) in [6.45, 7) is 3.09. The van der Waals surface area contributed by atoms with Gasteiger partial charge in [-0.3, -0.25) is 4.98 Å². The lowest BCUT2D eigenvalue weighted by Gasteiger charge is -2.16. The number of benzene rings is 2. The number of ether oxygens (including phenoxy) is 1. The second-order valence-electron chi connectivity index (χ2n) is 7.81. The Kier molecular flexibility index (Phi) is 6.68. The lowest BCUT2D eigenvalue weighted by Crippen LogP contribution is -2.18. The molecule has 0 radical (unpaired) electrons. The Morgan fingerprint density at radius 3 is 2.81 bits per heavy atom. The third-order valence-corrected chi connectivity index (χ3v) is 8.06. The van der Waals surface area contributed by atoms with Gasteiger partial charge in [-0.2, -0.15) is 0 Å². The first kappa shape index (κ1) is 22.5. The molecule has 4 nitrogen and oxygen atoms in total. The number of aromatic nitrogens is 2. The molecule has 1 N–H and O–H groups in total. The molecule has 0 saturated carbocycles. The number of rotatable bonds is 5. The molecular formula is C24H21Br2Cl2N3O. The molecular weight excluding hydrogens is 577 g/mol. The van der Waals surface area contributed by atoms with Crippen molar-refractivity contribution in [2.45, 2.75) is 24.7 Å². The number of nitrogens with zero attached hydrogens (tertiary/aromatic N) is 2. The van der Waals surface area contributed by atoms with Crippen LogP contribution < -0.4 is 10.1 Å². The molecule has 0 saturated heterocycles. The van der Waals surface area contributed by atoms with Crippen LogP contribution in [0.15, 0.2) is 41.0 Å². The van der Waals surface area contributed by atoms with Gasteiger partial charge < -0.3 is 14.6 Å². The number of halogens is 4. The average Bonchev–Trinajstić information content (AvgIpc) is 2.94. The van der Waals surface area contributed by atoms with Crippen molar-refractivity contribution in [2.75, 3.05) is 19.7 Å². The molecule has 1 aliphatic heterocycles. The van der Waals surface area contributed by atoms with E-state index >= 15 is 0 Å². The largest absolute Gasteiger partial charge is 0.489 e. The van der Waals surface area contributed by atoms with Gasteiger partial charge in [-0.25, -0.2) is 0 Å². The Hall–Kier alpha value is -1.31. The number of hydrogen-bond acceptors (Lipinski definition) is 3. The number of pyridine rings is 1. The molecule has 0 unspecified atom stereocenters. The van der Waals surface area contributed by atoms with Crippen LogP contribution in [0.1, 0.15) is 16.8 Å². The monoisotopic (exact) mass is 595 g/mol. The summed E-state index contributed by atoms with van der Waals surface area (Å²) < 4.78 is 9.70. The molecule has 2 aromatic heterocycles. The van der Waals surface area contributed by atoms with E-state index in [1.54, 1.807) is 6.20 Å².